The number of morpholine rings is 1. The van der Waals surface area contributed by atoms with E-state index < -0.39 is 0 Å². The van der Waals surface area contributed by atoms with E-state index in [-0.39, 0.29) is 11.7 Å². The molecule has 1 aliphatic rings. The molecule has 4 rings (SSSR count). The van der Waals surface area contributed by atoms with Crippen molar-refractivity contribution in [3.05, 3.63) is 63.7 Å². The van der Waals surface area contributed by atoms with Crippen molar-refractivity contribution in [3.8, 4) is 5.69 Å². The molecule has 0 unspecified atom stereocenters. The maximum absolute atomic E-state index is 12.9. The van der Waals surface area contributed by atoms with Gasteiger partial charge in [-0.15, -0.1) is 5.10 Å². The number of amides is 1. The Morgan fingerprint density at radius 3 is 2.52 bits per heavy atom. The van der Waals surface area contributed by atoms with Crippen LogP contribution < -0.4 is 10.2 Å². The van der Waals surface area contributed by atoms with Crippen molar-refractivity contribution in [3.63, 3.8) is 0 Å². The molecule has 1 fully saturated rings. The van der Waals surface area contributed by atoms with Crippen LogP contribution in [-0.4, -0.2) is 47.0 Å². The van der Waals surface area contributed by atoms with Crippen molar-refractivity contribution in [1.82, 2.24) is 14.8 Å². The van der Waals surface area contributed by atoms with E-state index >= 15 is 0 Å². The number of halogens is 2. The highest BCUT2D eigenvalue weighted by atomic mass is 35.5. The first-order chi connectivity index (χ1) is 15.0. The van der Waals surface area contributed by atoms with Crippen LogP contribution in [0.4, 0.5) is 11.4 Å². The molecule has 0 spiro atoms. The van der Waals surface area contributed by atoms with E-state index in [1.165, 1.54) is 4.68 Å². The van der Waals surface area contributed by atoms with E-state index in [0.717, 1.165) is 37.6 Å². The topological polar surface area (TPSA) is 72.3 Å². The summed E-state index contributed by atoms with van der Waals surface area (Å²) in [5.41, 5.74) is 3.30. The molecule has 31 heavy (non-hydrogen) atoms. The number of rotatable bonds is 5. The summed E-state index contributed by atoms with van der Waals surface area (Å²) in [6.45, 7) is 7.06. The zero-order chi connectivity index (χ0) is 22.0. The fraction of sp³-hybridized carbons (Fsp3) is 0.318. The molecule has 1 N–H and O–H groups in total. The Hall–Kier alpha value is -2.61. The third-order valence-electron chi connectivity index (χ3n) is 5.18. The average molecular weight is 460 g/mol. The van der Waals surface area contributed by atoms with Crippen molar-refractivity contribution < 1.29 is 9.53 Å². The molecule has 2 aromatic carbocycles. The second-order valence-electron chi connectivity index (χ2n) is 7.24. The zero-order valence-corrected chi connectivity index (χ0v) is 18.9. The maximum atomic E-state index is 12.9. The Morgan fingerprint density at radius 2 is 1.87 bits per heavy atom. The number of para-hydroxylation sites is 1. The molecule has 1 aromatic heterocycles. The van der Waals surface area contributed by atoms with Crippen LogP contribution in [0.15, 0.2) is 36.4 Å². The summed E-state index contributed by atoms with van der Waals surface area (Å²) in [6, 6.07) is 11.2. The van der Waals surface area contributed by atoms with Crippen LogP contribution in [0.5, 0.6) is 0 Å². The quantitative estimate of drug-likeness (QED) is 0.606. The normalized spacial score (nSPS) is 14.0. The number of carbonyl (C=O) groups excluding carboxylic acids is 1. The molecule has 1 aliphatic heterocycles. The summed E-state index contributed by atoms with van der Waals surface area (Å²) in [5, 5.41) is 8.18. The number of benzene rings is 2. The number of nitrogens with one attached hydrogen (secondary N) is 1. The maximum Gasteiger partial charge on any atom is 0.295 e. The number of aromatic nitrogens is 3. The minimum atomic E-state index is -0.390. The Labute approximate surface area is 190 Å². The van der Waals surface area contributed by atoms with Crippen molar-refractivity contribution in [2.45, 2.75) is 20.3 Å². The molecule has 2 heterocycles. The summed E-state index contributed by atoms with van der Waals surface area (Å²) in [6.07, 6.45) is 0.565. The van der Waals surface area contributed by atoms with Crippen LogP contribution >= 0.6 is 23.2 Å². The van der Waals surface area contributed by atoms with Crippen molar-refractivity contribution in [2.24, 2.45) is 0 Å². The minimum Gasteiger partial charge on any atom is -0.378 e. The summed E-state index contributed by atoms with van der Waals surface area (Å²) >= 11 is 12.7. The SMILES string of the molecule is CCc1nc(C(=O)Nc2ccc(N3CCOCC3)cc2C)nn1-c1c(Cl)cccc1Cl. The summed E-state index contributed by atoms with van der Waals surface area (Å²) in [7, 11) is 0. The highest BCUT2D eigenvalue weighted by Gasteiger charge is 2.20. The van der Waals surface area contributed by atoms with E-state index in [4.69, 9.17) is 27.9 Å². The average Bonchev–Trinajstić information content (AvgIpc) is 3.20. The monoisotopic (exact) mass is 459 g/mol. The summed E-state index contributed by atoms with van der Waals surface area (Å²) in [4.78, 5) is 19.6. The number of hydrogen-bond acceptors (Lipinski definition) is 5. The molecule has 7 nitrogen and oxygen atoms in total. The number of anilines is 2. The van der Waals surface area contributed by atoms with E-state index in [1.54, 1.807) is 18.2 Å². The van der Waals surface area contributed by atoms with Crippen molar-refractivity contribution in [2.75, 3.05) is 36.5 Å². The number of nitrogens with zero attached hydrogens (tertiary/aromatic N) is 4. The number of aryl methyl sites for hydroxylation is 2. The van der Waals surface area contributed by atoms with E-state index in [2.05, 4.69) is 26.4 Å². The van der Waals surface area contributed by atoms with Gasteiger partial charge in [-0.3, -0.25) is 4.79 Å². The van der Waals surface area contributed by atoms with Gasteiger partial charge in [0.2, 0.25) is 5.82 Å². The Kier molecular flexibility index (Phi) is 6.46. The Bertz CT molecular complexity index is 1090. The van der Waals surface area contributed by atoms with Gasteiger partial charge in [-0.05, 0) is 42.8 Å². The van der Waals surface area contributed by atoms with Crippen LogP contribution in [0, 0.1) is 6.92 Å². The predicted molar refractivity (Wildman–Crippen MR) is 123 cm³/mol. The fourth-order valence-electron chi connectivity index (χ4n) is 3.52. The third-order valence-corrected chi connectivity index (χ3v) is 5.79. The Balaban J connectivity index is 1.57. The van der Waals surface area contributed by atoms with Gasteiger partial charge in [-0.1, -0.05) is 36.2 Å². The molecule has 162 valence electrons. The lowest BCUT2D eigenvalue weighted by Gasteiger charge is -2.29. The minimum absolute atomic E-state index is 0.0597. The number of ether oxygens (including phenoxy) is 1. The lowest BCUT2D eigenvalue weighted by molar-refractivity contribution is 0.101. The van der Waals surface area contributed by atoms with Crippen LogP contribution in [0.2, 0.25) is 10.0 Å². The van der Waals surface area contributed by atoms with Crippen LogP contribution in [0.3, 0.4) is 0 Å². The highest BCUT2D eigenvalue weighted by Crippen LogP contribution is 2.29. The second kappa shape index (κ2) is 9.26. The van der Waals surface area contributed by atoms with E-state index in [1.807, 2.05) is 26.0 Å². The molecule has 0 bridgehead atoms. The zero-order valence-electron chi connectivity index (χ0n) is 17.4. The molecule has 9 heteroatoms. The molecule has 0 atom stereocenters. The van der Waals surface area contributed by atoms with Gasteiger partial charge >= 0.3 is 0 Å². The van der Waals surface area contributed by atoms with Crippen LogP contribution in [0.25, 0.3) is 5.69 Å². The number of hydrogen-bond donors (Lipinski definition) is 1. The first-order valence-electron chi connectivity index (χ1n) is 10.1. The largest absolute Gasteiger partial charge is 0.378 e. The Morgan fingerprint density at radius 1 is 1.16 bits per heavy atom. The van der Waals surface area contributed by atoms with Gasteiger partial charge in [0.1, 0.15) is 11.5 Å². The third kappa shape index (κ3) is 4.54. The molecular weight excluding hydrogens is 437 g/mol. The molecule has 0 radical (unpaired) electrons. The highest BCUT2D eigenvalue weighted by molar-refractivity contribution is 6.37. The van der Waals surface area contributed by atoms with Gasteiger partial charge in [-0.2, -0.15) is 0 Å². The lowest BCUT2D eigenvalue weighted by Crippen LogP contribution is -2.36. The van der Waals surface area contributed by atoms with Gasteiger partial charge in [0.25, 0.3) is 5.91 Å². The van der Waals surface area contributed by atoms with Gasteiger partial charge in [0.05, 0.1) is 23.3 Å². The predicted octanol–water partition coefficient (Wildman–Crippen LogP) is 4.53. The van der Waals surface area contributed by atoms with Gasteiger partial charge in [-0.25, -0.2) is 9.67 Å². The smallest absolute Gasteiger partial charge is 0.295 e. The lowest BCUT2D eigenvalue weighted by atomic mass is 10.1. The van der Waals surface area contributed by atoms with Crippen LogP contribution in [0.1, 0.15) is 28.9 Å². The summed E-state index contributed by atoms with van der Waals surface area (Å²) in [5.74, 6) is 0.267. The second-order valence-corrected chi connectivity index (χ2v) is 8.05. The standard InChI is InChI=1S/C22H23Cl2N5O2/c1-3-19-26-21(27-29(19)20-16(23)5-4-6-17(20)24)22(30)25-18-8-7-15(13-14(18)2)28-9-11-31-12-10-28/h4-8,13H,3,9-12H2,1-2H3,(H,25,30). The van der Waals surface area contributed by atoms with E-state index in [0.29, 0.717) is 33.7 Å². The molecule has 3 aromatic rings. The van der Waals surface area contributed by atoms with Gasteiger partial charge < -0.3 is 15.0 Å². The van der Waals surface area contributed by atoms with E-state index in [9.17, 15) is 4.79 Å². The molecule has 0 aliphatic carbocycles. The fourth-order valence-corrected chi connectivity index (χ4v) is 4.08. The van der Waals surface area contributed by atoms with Crippen molar-refractivity contribution in [1.29, 1.82) is 0 Å². The van der Waals surface area contributed by atoms with Gasteiger partial charge in [0, 0.05) is 30.9 Å². The van der Waals surface area contributed by atoms with Crippen molar-refractivity contribution >= 4 is 40.5 Å². The first-order valence-corrected chi connectivity index (χ1v) is 10.9. The number of carbonyl (C=O) groups is 1. The van der Waals surface area contributed by atoms with Gasteiger partial charge in [0.15, 0.2) is 0 Å². The molecular formula is C22H23Cl2N5O2. The van der Waals surface area contributed by atoms with Crippen LogP contribution in [-0.2, 0) is 11.2 Å². The molecule has 1 saturated heterocycles. The summed E-state index contributed by atoms with van der Waals surface area (Å²) < 4.78 is 6.95. The first kappa shape index (κ1) is 21.6. The molecule has 0 saturated carbocycles. The molecule has 1 amide bonds.